The summed E-state index contributed by atoms with van der Waals surface area (Å²) in [5.74, 6) is -0.311. The SMILES string of the molecule is OC(/C(=C/c1ccccc1)c1ccccc1)c1ccc(F)cc1. The van der Waals surface area contributed by atoms with Gasteiger partial charge in [-0.05, 0) is 40.5 Å². The van der Waals surface area contributed by atoms with E-state index in [1.165, 1.54) is 12.1 Å². The Morgan fingerprint density at radius 2 is 1.35 bits per heavy atom. The van der Waals surface area contributed by atoms with Crippen LogP contribution in [0.3, 0.4) is 0 Å². The van der Waals surface area contributed by atoms with Gasteiger partial charge in [0.1, 0.15) is 11.9 Å². The summed E-state index contributed by atoms with van der Waals surface area (Å²) in [7, 11) is 0. The molecule has 0 saturated carbocycles. The molecule has 1 unspecified atom stereocenters. The lowest BCUT2D eigenvalue weighted by molar-refractivity contribution is 0.239. The molecule has 0 aliphatic rings. The lowest BCUT2D eigenvalue weighted by atomic mass is 9.93. The van der Waals surface area contributed by atoms with Gasteiger partial charge < -0.3 is 5.11 Å². The summed E-state index contributed by atoms with van der Waals surface area (Å²) in [6, 6.07) is 25.5. The number of rotatable bonds is 4. The number of benzene rings is 3. The molecule has 2 heteroatoms. The quantitative estimate of drug-likeness (QED) is 0.665. The van der Waals surface area contributed by atoms with Crippen LogP contribution >= 0.6 is 0 Å². The zero-order valence-electron chi connectivity index (χ0n) is 12.6. The normalized spacial score (nSPS) is 12.9. The number of aliphatic hydroxyl groups is 1. The predicted octanol–water partition coefficient (Wildman–Crippen LogP) is 5.10. The van der Waals surface area contributed by atoms with Crippen LogP contribution in [-0.2, 0) is 0 Å². The third kappa shape index (κ3) is 3.74. The molecular formula is C21H17FO. The van der Waals surface area contributed by atoms with Crippen LogP contribution in [0.15, 0.2) is 84.9 Å². The van der Waals surface area contributed by atoms with Crippen LogP contribution in [0, 0.1) is 5.82 Å². The lowest BCUT2D eigenvalue weighted by Gasteiger charge is -2.16. The van der Waals surface area contributed by atoms with Gasteiger partial charge in [0.25, 0.3) is 0 Å². The summed E-state index contributed by atoms with van der Waals surface area (Å²) in [5, 5.41) is 10.8. The fraction of sp³-hybridized carbons (Fsp3) is 0.0476. The minimum absolute atomic E-state index is 0.311. The molecule has 1 atom stereocenters. The third-order valence-corrected chi connectivity index (χ3v) is 3.71. The zero-order chi connectivity index (χ0) is 16.1. The van der Waals surface area contributed by atoms with Gasteiger partial charge in [0, 0.05) is 0 Å². The predicted molar refractivity (Wildman–Crippen MR) is 92.1 cm³/mol. The molecule has 0 saturated heterocycles. The Hall–Kier alpha value is -2.71. The molecule has 0 aliphatic carbocycles. The summed E-state index contributed by atoms with van der Waals surface area (Å²) < 4.78 is 13.1. The molecular weight excluding hydrogens is 287 g/mol. The Kier molecular flexibility index (Phi) is 4.65. The summed E-state index contributed by atoms with van der Waals surface area (Å²) >= 11 is 0. The van der Waals surface area contributed by atoms with E-state index in [0.717, 1.165) is 16.7 Å². The summed E-state index contributed by atoms with van der Waals surface area (Å²) in [6.07, 6.45) is 1.14. The van der Waals surface area contributed by atoms with Crippen molar-refractivity contribution in [1.82, 2.24) is 0 Å². The van der Waals surface area contributed by atoms with Gasteiger partial charge >= 0.3 is 0 Å². The van der Waals surface area contributed by atoms with Crippen LogP contribution in [-0.4, -0.2) is 5.11 Å². The largest absolute Gasteiger partial charge is 0.384 e. The molecule has 0 spiro atoms. The molecule has 23 heavy (non-hydrogen) atoms. The molecule has 0 fully saturated rings. The highest BCUT2D eigenvalue weighted by atomic mass is 19.1. The molecule has 3 aromatic rings. The summed E-state index contributed by atoms with van der Waals surface area (Å²) in [5.41, 5.74) is 3.39. The standard InChI is InChI=1S/C21H17FO/c22-19-13-11-18(12-14-19)21(23)20(17-9-5-2-6-10-17)15-16-7-3-1-4-8-16/h1-15,21,23H/b20-15+. The first-order chi connectivity index (χ1) is 11.2. The van der Waals surface area contributed by atoms with Crippen LogP contribution < -0.4 is 0 Å². The molecule has 1 nitrogen and oxygen atoms in total. The average Bonchev–Trinajstić information content (AvgIpc) is 2.61. The third-order valence-electron chi connectivity index (χ3n) is 3.71. The first kappa shape index (κ1) is 15.2. The molecule has 3 aromatic carbocycles. The van der Waals surface area contributed by atoms with Gasteiger partial charge in [-0.3, -0.25) is 0 Å². The maximum atomic E-state index is 13.1. The van der Waals surface area contributed by atoms with Crippen molar-refractivity contribution >= 4 is 11.6 Å². The first-order valence-electron chi connectivity index (χ1n) is 7.49. The van der Waals surface area contributed by atoms with E-state index in [9.17, 15) is 9.50 Å². The van der Waals surface area contributed by atoms with Crippen LogP contribution in [0.1, 0.15) is 22.8 Å². The Bertz CT molecular complexity index is 777. The average molecular weight is 304 g/mol. The Morgan fingerprint density at radius 3 is 1.96 bits per heavy atom. The minimum Gasteiger partial charge on any atom is -0.384 e. The molecule has 114 valence electrons. The Labute approximate surface area is 135 Å². The lowest BCUT2D eigenvalue weighted by Crippen LogP contribution is -2.01. The number of halogens is 1. The molecule has 0 aliphatic heterocycles. The summed E-state index contributed by atoms with van der Waals surface area (Å²) in [6.45, 7) is 0. The van der Waals surface area contributed by atoms with Crippen molar-refractivity contribution < 1.29 is 9.50 Å². The van der Waals surface area contributed by atoms with Gasteiger partial charge in [-0.2, -0.15) is 0 Å². The molecule has 0 heterocycles. The second-order valence-corrected chi connectivity index (χ2v) is 5.33. The van der Waals surface area contributed by atoms with Crippen molar-refractivity contribution in [3.63, 3.8) is 0 Å². The fourth-order valence-corrected chi connectivity index (χ4v) is 2.50. The van der Waals surface area contributed by atoms with Crippen molar-refractivity contribution in [3.8, 4) is 0 Å². The van der Waals surface area contributed by atoms with E-state index in [1.807, 2.05) is 66.7 Å². The minimum atomic E-state index is -0.821. The van der Waals surface area contributed by atoms with Gasteiger partial charge in [-0.25, -0.2) is 4.39 Å². The van der Waals surface area contributed by atoms with Gasteiger partial charge in [-0.15, -0.1) is 0 Å². The van der Waals surface area contributed by atoms with E-state index in [4.69, 9.17) is 0 Å². The van der Waals surface area contributed by atoms with E-state index >= 15 is 0 Å². The van der Waals surface area contributed by atoms with Gasteiger partial charge in [-0.1, -0.05) is 72.8 Å². The van der Waals surface area contributed by atoms with E-state index < -0.39 is 6.10 Å². The first-order valence-corrected chi connectivity index (χ1v) is 7.49. The van der Waals surface area contributed by atoms with E-state index in [1.54, 1.807) is 12.1 Å². The molecule has 0 amide bonds. The Balaban J connectivity index is 2.05. The molecule has 1 N–H and O–H groups in total. The highest BCUT2D eigenvalue weighted by Gasteiger charge is 2.15. The summed E-state index contributed by atoms with van der Waals surface area (Å²) in [4.78, 5) is 0. The van der Waals surface area contributed by atoms with Crippen molar-refractivity contribution in [2.24, 2.45) is 0 Å². The smallest absolute Gasteiger partial charge is 0.123 e. The monoisotopic (exact) mass is 304 g/mol. The maximum absolute atomic E-state index is 13.1. The van der Waals surface area contributed by atoms with Crippen LogP contribution in [0.2, 0.25) is 0 Å². The molecule has 0 bridgehead atoms. The second kappa shape index (κ2) is 7.03. The number of hydrogen-bond acceptors (Lipinski definition) is 1. The highest BCUT2D eigenvalue weighted by molar-refractivity contribution is 5.84. The van der Waals surface area contributed by atoms with E-state index in [2.05, 4.69) is 0 Å². The van der Waals surface area contributed by atoms with E-state index in [0.29, 0.717) is 5.56 Å². The molecule has 3 rings (SSSR count). The topological polar surface area (TPSA) is 20.2 Å². The van der Waals surface area contributed by atoms with Crippen LogP contribution in [0.5, 0.6) is 0 Å². The highest BCUT2D eigenvalue weighted by Crippen LogP contribution is 2.31. The van der Waals surface area contributed by atoms with Crippen molar-refractivity contribution in [2.45, 2.75) is 6.10 Å². The van der Waals surface area contributed by atoms with Crippen molar-refractivity contribution in [2.75, 3.05) is 0 Å². The zero-order valence-corrected chi connectivity index (χ0v) is 12.6. The van der Waals surface area contributed by atoms with Gasteiger partial charge in [0.2, 0.25) is 0 Å². The van der Waals surface area contributed by atoms with Gasteiger partial charge in [0.15, 0.2) is 0 Å². The molecule has 0 radical (unpaired) electrons. The Morgan fingerprint density at radius 1 is 0.783 bits per heavy atom. The molecule has 0 aromatic heterocycles. The van der Waals surface area contributed by atoms with Crippen LogP contribution in [0.4, 0.5) is 4.39 Å². The van der Waals surface area contributed by atoms with Crippen molar-refractivity contribution in [3.05, 3.63) is 107 Å². The van der Waals surface area contributed by atoms with Crippen LogP contribution in [0.25, 0.3) is 11.6 Å². The van der Waals surface area contributed by atoms with Crippen molar-refractivity contribution in [1.29, 1.82) is 0 Å². The second-order valence-electron chi connectivity index (χ2n) is 5.33. The number of hydrogen-bond donors (Lipinski definition) is 1. The fourth-order valence-electron chi connectivity index (χ4n) is 2.50. The maximum Gasteiger partial charge on any atom is 0.123 e. The van der Waals surface area contributed by atoms with Gasteiger partial charge in [0.05, 0.1) is 0 Å². The number of aliphatic hydroxyl groups excluding tert-OH is 1. The van der Waals surface area contributed by atoms with E-state index in [-0.39, 0.29) is 5.82 Å².